The van der Waals surface area contributed by atoms with Gasteiger partial charge in [0.05, 0.1) is 11.2 Å². The van der Waals surface area contributed by atoms with Crippen LogP contribution in [0.1, 0.15) is 18.4 Å². The van der Waals surface area contributed by atoms with Gasteiger partial charge in [-0.25, -0.2) is 4.39 Å². The molecule has 5 nitrogen and oxygen atoms in total. The molecular formula is C22H20FN3O2. The molecule has 2 amide bonds. The molecule has 28 heavy (non-hydrogen) atoms. The summed E-state index contributed by atoms with van der Waals surface area (Å²) in [7, 11) is 0. The van der Waals surface area contributed by atoms with E-state index in [9.17, 15) is 14.0 Å². The normalized spacial score (nSPS) is 14.5. The summed E-state index contributed by atoms with van der Waals surface area (Å²) < 4.78 is 12.9. The molecule has 0 saturated heterocycles. The number of carbonyl (C=O) groups is 2. The van der Waals surface area contributed by atoms with Crippen molar-refractivity contribution in [2.24, 2.45) is 5.41 Å². The molecule has 1 fully saturated rings. The van der Waals surface area contributed by atoms with E-state index in [2.05, 4.69) is 15.6 Å². The third-order valence-corrected chi connectivity index (χ3v) is 5.11. The maximum Gasteiger partial charge on any atom is 0.240 e. The molecule has 1 saturated carbocycles. The Balaban J connectivity index is 1.39. The average Bonchev–Trinajstić information content (AvgIpc) is 3.52. The highest BCUT2D eigenvalue weighted by Gasteiger charge is 2.56. The third-order valence-electron chi connectivity index (χ3n) is 5.11. The Hall–Kier alpha value is -3.28. The van der Waals surface area contributed by atoms with Gasteiger partial charge >= 0.3 is 0 Å². The lowest BCUT2D eigenvalue weighted by Gasteiger charge is -2.16. The fourth-order valence-electron chi connectivity index (χ4n) is 3.27. The minimum Gasteiger partial charge on any atom is -0.355 e. The molecule has 0 aliphatic heterocycles. The number of hydrogen-bond acceptors (Lipinski definition) is 3. The summed E-state index contributed by atoms with van der Waals surface area (Å²) >= 11 is 0. The number of hydrogen-bond donors (Lipinski definition) is 2. The van der Waals surface area contributed by atoms with Crippen LogP contribution in [-0.4, -0.2) is 23.3 Å². The first kappa shape index (κ1) is 18.1. The molecular weight excluding hydrogens is 357 g/mol. The molecule has 0 unspecified atom stereocenters. The zero-order chi connectivity index (χ0) is 19.6. The van der Waals surface area contributed by atoms with Crippen molar-refractivity contribution in [1.82, 2.24) is 10.3 Å². The van der Waals surface area contributed by atoms with Crippen LogP contribution in [0.2, 0.25) is 0 Å². The molecule has 142 valence electrons. The van der Waals surface area contributed by atoms with Crippen LogP contribution in [0.25, 0.3) is 10.9 Å². The number of benzene rings is 2. The number of amides is 2. The molecule has 1 aliphatic carbocycles. The van der Waals surface area contributed by atoms with Gasteiger partial charge in [0.1, 0.15) is 11.2 Å². The summed E-state index contributed by atoms with van der Waals surface area (Å²) in [6, 6.07) is 15.5. The van der Waals surface area contributed by atoms with E-state index >= 15 is 0 Å². The Bertz CT molecular complexity index is 1020. The second-order valence-corrected chi connectivity index (χ2v) is 7.05. The van der Waals surface area contributed by atoms with Crippen molar-refractivity contribution in [2.45, 2.75) is 19.3 Å². The molecule has 2 aromatic carbocycles. The number of carbonyl (C=O) groups excluding carboxylic acids is 2. The van der Waals surface area contributed by atoms with E-state index in [1.807, 2.05) is 24.3 Å². The summed E-state index contributed by atoms with van der Waals surface area (Å²) in [4.78, 5) is 29.8. The van der Waals surface area contributed by atoms with Gasteiger partial charge in [0, 0.05) is 18.1 Å². The zero-order valence-electron chi connectivity index (χ0n) is 15.2. The highest BCUT2D eigenvalue weighted by atomic mass is 19.1. The van der Waals surface area contributed by atoms with E-state index in [0.29, 0.717) is 37.0 Å². The van der Waals surface area contributed by atoms with Crippen molar-refractivity contribution in [3.63, 3.8) is 0 Å². The number of pyridine rings is 1. The molecule has 0 radical (unpaired) electrons. The topological polar surface area (TPSA) is 71.1 Å². The second kappa shape index (κ2) is 7.38. The van der Waals surface area contributed by atoms with Gasteiger partial charge in [-0.1, -0.05) is 30.3 Å². The molecule has 1 aliphatic rings. The van der Waals surface area contributed by atoms with E-state index in [-0.39, 0.29) is 17.6 Å². The standard InChI is InChI=1S/C22H20FN3O2/c23-17-8-6-15(7-9-17)10-14-25-20(27)22(11-12-22)21(28)26-18-5-1-3-16-4-2-13-24-19(16)18/h1-9,13H,10-12,14H2,(H,25,27)(H,26,28). The summed E-state index contributed by atoms with van der Waals surface area (Å²) in [5.74, 6) is -0.852. The van der Waals surface area contributed by atoms with Gasteiger partial charge in [0.25, 0.3) is 0 Å². The van der Waals surface area contributed by atoms with E-state index in [1.54, 1.807) is 24.4 Å². The van der Waals surface area contributed by atoms with Gasteiger partial charge in [-0.15, -0.1) is 0 Å². The summed E-state index contributed by atoms with van der Waals surface area (Å²) in [6.45, 7) is 0.398. The van der Waals surface area contributed by atoms with Crippen molar-refractivity contribution < 1.29 is 14.0 Å². The summed E-state index contributed by atoms with van der Waals surface area (Å²) in [5, 5.41) is 6.65. The Labute approximate surface area is 162 Å². The molecule has 1 heterocycles. The number of rotatable bonds is 6. The van der Waals surface area contributed by atoms with E-state index in [1.165, 1.54) is 12.1 Å². The molecule has 1 aromatic heterocycles. The van der Waals surface area contributed by atoms with E-state index in [0.717, 1.165) is 10.9 Å². The van der Waals surface area contributed by atoms with Crippen molar-refractivity contribution in [2.75, 3.05) is 11.9 Å². The van der Waals surface area contributed by atoms with Crippen LogP contribution in [-0.2, 0) is 16.0 Å². The van der Waals surface area contributed by atoms with Crippen molar-refractivity contribution in [1.29, 1.82) is 0 Å². The fourth-order valence-corrected chi connectivity index (χ4v) is 3.27. The van der Waals surface area contributed by atoms with E-state index < -0.39 is 5.41 Å². The van der Waals surface area contributed by atoms with Gasteiger partial charge in [-0.2, -0.15) is 0 Å². The SMILES string of the molecule is O=C(NCCc1ccc(F)cc1)C1(C(=O)Nc2cccc3cccnc23)CC1. The van der Waals surface area contributed by atoms with Crippen LogP contribution in [0.3, 0.4) is 0 Å². The highest BCUT2D eigenvalue weighted by Crippen LogP contribution is 2.47. The van der Waals surface area contributed by atoms with Crippen LogP contribution >= 0.6 is 0 Å². The van der Waals surface area contributed by atoms with Crippen LogP contribution in [0.5, 0.6) is 0 Å². The Morgan fingerprint density at radius 2 is 1.75 bits per heavy atom. The van der Waals surface area contributed by atoms with Gasteiger partial charge < -0.3 is 10.6 Å². The smallest absolute Gasteiger partial charge is 0.240 e. The fraction of sp³-hybridized carbons (Fsp3) is 0.227. The van der Waals surface area contributed by atoms with Crippen LogP contribution in [0.15, 0.2) is 60.8 Å². The lowest BCUT2D eigenvalue weighted by molar-refractivity contribution is -0.134. The molecule has 0 bridgehead atoms. The molecule has 2 N–H and O–H groups in total. The van der Waals surface area contributed by atoms with Crippen molar-refractivity contribution >= 4 is 28.4 Å². The summed E-state index contributed by atoms with van der Waals surface area (Å²) in [6.07, 6.45) is 3.31. The molecule has 0 atom stereocenters. The Morgan fingerprint density at radius 3 is 2.50 bits per heavy atom. The Kier molecular flexibility index (Phi) is 4.77. The lowest BCUT2D eigenvalue weighted by atomic mass is 10.0. The number of nitrogens with zero attached hydrogens (tertiary/aromatic N) is 1. The first-order valence-electron chi connectivity index (χ1n) is 9.26. The third kappa shape index (κ3) is 3.58. The largest absolute Gasteiger partial charge is 0.355 e. The predicted molar refractivity (Wildman–Crippen MR) is 105 cm³/mol. The van der Waals surface area contributed by atoms with Crippen molar-refractivity contribution in [3.05, 3.63) is 72.2 Å². The van der Waals surface area contributed by atoms with Gasteiger partial charge in [0.15, 0.2) is 0 Å². The second-order valence-electron chi connectivity index (χ2n) is 7.05. The van der Waals surface area contributed by atoms with Crippen LogP contribution < -0.4 is 10.6 Å². The van der Waals surface area contributed by atoms with Gasteiger partial charge in [-0.05, 0) is 49.1 Å². The van der Waals surface area contributed by atoms with Crippen LogP contribution in [0.4, 0.5) is 10.1 Å². The molecule has 4 rings (SSSR count). The number of para-hydroxylation sites is 1. The monoisotopic (exact) mass is 377 g/mol. The maximum atomic E-state index is 12.9. The van der Waals surface area contributed by atoms with Gasteiger partial charge in [0.2, 0.25) is 11.8 Å². The molecule has 3 aromatic rings. The number of halogens is 1. The predicted octanol–water partition coefficient (Wildman–Crippen LogP) is 3.45. The lowest BCUT2D eigenvalue weighted by Crippen LogP contribution is -2.40. The zero-order valence-corrected chi connectivity index (χ0v) is 15.2. The average molecular weight is 377 g/mol. The number of anilines is 1. The maximum absolute atomic E-state index is 12.9. The quantitative estimate of drug-likeness (QED) is 0.647. The first-order valence-corrected chi connectivity index (χ1v) is 9.26. The van der Waals surface area contributed by atoms with Gasteiger partial charge in [-0.3, -0.25) is 14.6 Å². The number of aromatic nitrogens is 1. The number of fused-ring (bicyclic) bond motifs is 1. The minimum atomic E-state index is -1.01. The van der Waals surface area contributed by atoms with Crippen LogP contribution in [0, 0.1) is 11.2 Å². The molecule has 6 heteroatoms. The first-order chi connectivity index (χ1) is 13.6. The highest BCUT2D eigenvalue weighted by molar-refractivity contribution is 6.14. The summed E-state index contributed by atoms with van der Waals surface area (Å²) in [5.41, 5.74) is 1.22. The Morgan fingerprint density at radius 1 is 1.00 bits per heavy atom. The van der Waals surface area contributed by atoms with E-state index in [4.69, 9.17) is 0 Å². The van der Waals surface area contributed by atoms with Crippen molar-refractivity contribution in [3.8, 4) is 0 Å². The number of nitrogens with one attached hydrogen (secondary N) is 2. The molecule has 0 spiro atoms. The minimum absolute atomic E-state index is 0.264.